The Kier molecular flexibility index (Phi) is 5.15. The number of benzene rings is 1. The molecule has 1 amide bonds. The Labute approximate surface area is 120 Å². The van der Waals surface area contributed by atoms with Gasteiger partial charge in [-0.3, -0.25) is 4.79 Å². The minimum atomic E-state index is -0.313. The largest absolute Gasteiger partial charge is 0.368 e. The average Bonchev–Trinajstić information content (AvgIpc) is 2.87. The van der Waals surface area contributed by atoms with Crippen molar-refractivity contribution in [1.82, 2.24) is 0 Å². The third kappa shape index (κ3) is 3.19. The molecule has 0 aliphatic carbocycles. The maximum atomic E-state index is 12.8. The van der Waals surface area contributed by atoms with Crippen LogP contribution in [-0.2, 0) is 9.53 Å². The average molecular weight is 276 g/mol. The zero-order valence-corrected chi connectivity index (χ0v) is 12.3. The molecule has 0 bridgehead atoms. The summed E-state index contributed by atoms with van der Waals surface area (Å²) in [5, 5.41) is 0. The minimum absolute atomic E-state index is 0.0674. The van der Waals surface area contributed by atoms with Gasteiger partial charge in [-0.05, 0) is 43.9 Å². The van der Waals surface area contributed by atoms with Crippen LogP contribution in [0.25, 0.3) is 0 Å². The molecule has 2 atom stereocenters. The highest BCUT2D eigenvalue weighted by molar-refractivity contribution is 5.97. The summed E-state index contributed by atoms with van der Waals surface area (Å²) >= 11 is 0. The fourth-order valence-corrected chi connectivity index (χ4v) is 2.63. The number of ether oxygens (including phenoxy) is 1. The molecular formula is C16H24N2O2. The van der Waals surface area contributed by atoms with E-state index in [4.69, 9.17) is 10.5 Å². The lowest BCUT2D eigenvalue weighted by atomic mass is 10.0. The highest BCUT2D eigenvalue weighted by Crippen LogP contribution is 2.26. The van der Waals surface area contributed by atoms with Crippen LogP contribution in [0.3, 0.4) is 0 Å². The van der Waals surface area contributed by atoms with Gasteiger partial charge in [0.15, 0.2) is 0 Å². The SMILES string of the molecule is Cc1ccccc1N(CCCN)C(=O)C1OCCC1C. The maximum absolute atomic E-state index is 12.8. The first kappa shape index (κ1) is 15.0. The lowest BCUT2D eigenvalue weighted by molar-refractivity contribution is -0.128. The van der Waals surface area contributed by atoms with Crippen LogP contribution >= 0.6 is 0 Å². The first-order valence-electron chi connectivity index (χ1n) is 7.34. The van der Waals surface area contributed by atoms with Gasteiger partial charge in [0.1, 0.15) is 6.10 Å². The van der Waals surface area contributed by atoms with Crippen molar-refractivity contribution in [1.29, 1.82) is 0 Å². The molecule has 1 aliphatic heterocycles. The summed E-state index contributed by atoms with van der Waals surface area (Å²) < 4.78 is 5.63. The van der Waals surface area contributed by atoms with Crippen molar-refractivity contribution in [2.75, 3.05) is 24.6 Å². The molecule has 110 valence electrons. The van der Waals surface area contributed by atoms with Crippen LogP contribution in [0.5, 0.6) is 0 Å². The number of para-hydroxylation sites is 1. The number of rotatable bonds is 5. The number of aryl methyl sites for hydroxylation is 1. The number of nitrogens with two attached hydrogens (primary N) is 1. The van der Waals surface area contributed by atoms with E-state index in [2.05, 4.69) is 6.92 Å². The molecular weight excluding hydrogens is 252 g/mol. The summed E-state index contributed by atoms with van der Waals surface area (Å²) in [6, 6.07) is 7.96. The highest BCUT2D eigenvalue weighted by atomic mass is 16.5. The summed E-state index contributed by atoms with van der Waals surface area (Å²) in [4.78, 5) is 14.6. The van der Waals surface area contributed by atoms with Gasteiger partial charge < -0.3 is 15.4 Å². The van der Waals surface area contributed by atoms with Gasteiger partial charge in [-0.2, -0.15) is 0 Å². The van der Waals surface area contributed by atoms with Crippen LogP contribution < -0.4 is 10.6 Å². The molecule has 0 saturated carbocycles. The normalized spacial score (nSPS) is 21.9. The molecule has 1 aromatic carbocycles. The van der Waals surface area contributed by atoms with Gasteiger partial charge in [-0.1, -0.05) is 25.1 Å². The highest BCUT2D eigenvalue weighted by Gasteiger charge is 2.34. The molecule has 2 unspecified atom stereocenters. The van der Waals surface area contributed by atoms with E-state index in [0.29, 0.717) is 19.7 Å². The van der Waals surface area contributed by atoms with Crippen LogP contribution in [0.4, 0.5) is 5.69 Å². The Morgan fingerprint density at radius 1 is 1.45 bits per heavy atom. The fraction of sp³-hybridized carbons (Fsp3) is 0.562. The van der Waals surface area contributed by atoms with Crippen LogP contribution in [0.2, 0.25) is 0 Å². The number of carbonyl (C=O) groups is 1. The molecule has 0 radical (unpaired) electrons. The van der Waals surface area contributed by atoms with Crippen LogP contribution in [0.1, 0.15) is 25.3 Å². The van der Waals surface area contributed by atoms with Crippen LogP contribution in [0, 0.1) is 12.8 Å². The number of carbonyl (C=O) groups excluding carboxylic acids is 1. The van der Waals surface area contributed by atoms with E-state index in [1.165, 1.54) is 0 Å². The minimum Gasteiger partial charge on any atom is -0.368 e. The molecule has 1 aromatic rings. The molecule has 1 heterocycles. The van der Waals surface area contributed by atoms with Crippen molar-refractivity contribution < 1.29 is 9.53 Å². The van der Waals surface area contributed by atoms with Gasteiger partial charge in [0.2, 0.25) is 0 Å². The second-order valence-corrected chi connectivity index (χ2v) is 5.48. The van der Waals surface area contributed by atoms with Crippen molar-refractivity contribution >= 4 is 11.6 Å². The van der Waals surface area contributed by atoms with Crippen LogP contribution in [0.15, 0.2) is 24.3 Å². The van der Waals surface area contributed by atoms with Gasteiger partial charge in [-0.25, -0.2) is 0 Å². The molecule has 2 N–H and O–H groups in total. The number of amides is 1. The molecule has 1 fully saturated rings. The Hall–Kier alpha value is -1.39. The fourth-order valence-electron chi connectivity index (χ4n) is 2.63. The molecule has 1 saturated heterocycles. The van der Waals surface area contributed by atoms with Gasteiger partial charge in [0.25, 0.3) is 5.91 Å². The number of hydrogen-bond donors (Lipinski definition) is 1. The number of hydrogen-bond acceptors (Lipinski definition) is 3. The van der Waals surface area contributed by atoms with Gasteiger partial charge in [0, 0.05) is 18.8 Å². The van der Waals surface area contributed by atoms with E-state index >= 15 is 0 Å². The molecule has 4 nitrogen and oxygen atoms in total. The standard InChI is InChI=1S/C16H24N2O2/c1-12-6-3-4-7-14(12)18(10-5-9-17)16(19)15-13(2)8-11-20-15/h3-4,6-7,13,15H,5,8-11,17H2,1-2H3. The van der Waals surface area contributed by atoms with Crippen LogP contribution in [-0.4, -0.2) is 31.7 Å². The smallest absolute Gasteiger partial charge is 0.256 e. The Morgan fingerprint density at radius 3 is 2.80 bits per heavy atom. The third-order valence-corrected chi connectivity index (χ3v) is 3.89. The zero-order chi connectivity index (χ0) is 14.5. The summed E-state index contributed by atoms with van der Waals surface area (Å²) in [5.41, 5.74) is 7.67. The lowest BCUT2D eigenvalue weighted by Crippen LogP contribution is -2.42. The molecule has 20 heavy (non-hydrogen) atoms. The Bertz CT molecular complexity index is 462. The number of anilines is 1. The van der Waals surface area contributed by atoms with Crippen molar-refractivity contribution in [3.8, 4) is 0 Å². The van der Waals surface area contributed by atoms with E-state index < -0.39 is 0 Å². The number of nitrogens with zero attached hydrogens (tertiary/aromatic N) is 1. The quantitative estimate of drug-likeness (QED) is 0.896. The topological polar surface area (TPSA) is 55.6 Å². The molecule has 1 aliphatic rings. The Morgan fingerprint density at radius 2 is 2.20 bits per heavy atom. The molecule has 4 heteroatoms. The van der Waals surface area contributed by atoms with Gasteiger partial charge in [-0.15, -0.1) is 0 Å². The summed E-state index contributed by atoms with van der Waals surface area (Å²) in [6.07, 6.45) is 1.43. The first-order valence-corrected chi connectivity index (χ1v) is 7.34. The Balaban J connectivity index is 2.23. The van der Waals surface area contributed by atoms with Crippen molar-refractivity contribution in [3.63, 3.8) is 0 Å². The monoisotopic (exact) mass is 276 g/mol. The molecule has 0 spiro atoms. The summed E-state index contributed by atoms with van der Waals surface area (Å²) in [7, 11) is 0. The van der Waals surface area contributed by atoms with Crippen molar-refractivity contribution in [2.45, 2.75) is 32.8 Å². The van der Waals surface area contributed by atoms with E-state index in [1.807, 2.05) is 36.1 Å². The molecule has 0 aromatic heterocycles. The lowest BCUT2D eigenvalue weighted by Gasteiger charge is -2.28. The maximum Gasteiger partial charge on any atom is 0.256 e. The van der Waals surface area contributed by atoms with Gasteiger partial charge in [0.05, 0.1) is 0 Å². The van der Waals surface area contributed by atoms with Crippen molar-refractivity contribution in [3.05, 3.63) is 29.8 Å². The summed E-state index contributed by atoms with van der Waals surface area (Å²) in [5.74, 6) is 0.352. The van der Waals surface area contributed by atoms with Gasteiger partial charge >= 0.3 is 0 Å². The predicted molar refractivity (Wildman–Crippen MR) is 80.7 cm³/mol. The van der Waals surface area contributed by atoms with E-state index in [-0.39, 0.29) is 17.9 Å². The zero-order valence-electron chi connectivity index (χ0n) is 12.3. The van der Waals surface area contributed by atoms with E-state index in [0.717, 1.165) is 24.1 Å². The van der Waals surface area contributed by atoms with Crippen molar-refractivity contribution in [2.24, 2.45) is 11.7 Å². The van der Waals surface area contributed by atoms with E-state index in [9.17, 15) is 4.79 Å². The molecule has 2 rings (SSSR count). The first-order chi connectivity index (χ1) is 9.65. The second-order valence-electron chi connectivity index (χ2n) is 5.48. The predicted octanol–water partition coefficient (Wildman–Crippen LogP) is 2.10. The summed E-state index contributed by atoms with van der Waals surface area (Å²) in [6.45, 7) is 6.01. The third-order valence-electron chi connectivity index (χ3n) is 3.89. The van der Waals surface area contributed by atoms with E-state index in [1.54, 1.807) is 0 Å². The second kappa shape index (κ2) is 6.86.